The van der Waals surface area contributed by atoms with Gasteiger partial charge in [0.05, 0.1) is 11.0 Å². The minimum absolute atomic E-state index is 0.0314. The number of halogens is 3. The second-order valence-corrected chi connectivity index (χ2v) is 8.88. The van der Waals surface area contributed by atoms with E-state index in [-0.39, 0.29) is 36.1 Å². The van der Waals surface area contributed by atoms with Crippen LogP contribution in [0.2, 0.25) is 0 Å². The number of amides is 2. The molecule has 0 unspecified atom stereocenters. The largest absolute Gasteiger partial charge is 0.465 e. The highest BCUT2D eigenvalue weighted by Gasteiger charge is 2.59. The van der Waals surface area contributed by atoms with E-state index in [0.717, 1.165) is 12.3 Å². The van der Waals surface area contributed by atoms with E-state index < -0.39 is 23.2 Å². The highest BCUT2D eigenvalue weighted by molar-refractivity contribution is 7.80. The smallest absolute Gasteiger partial charge is 0.417 e. The fourth-order valence-corrected chi connectivity index (χ4v) is 5.36. The minimum Gasteiger partial charge on any atom is -0.465 e. The first-order chi connectivity index (χ1) is 14.5. The number of carboxylic acid groups (broad SMARTS) is 1. The molecule has 168 valence electrons. The van der Waals surface area contributed by atoms with Crippen LogP contribution in [0.4, 0.5) is 18.0 Å². The van der Waals surface area contributed by atoms with Crippen LogP contribution in [-0.4, -0.2) is 62.7 Å². The van der Waals surface area contributed by atoms with Crippen LogP contribution in [0.15, 0.2) is 12.3 Å². The van der Waals surface area contributed by atoms with Crippen molar-refractivity contribution in [2.75, 3.05) is 19.6 Å². The third kappa shape index (κ3) is 3.88. The molecule has 12 heteroatoms. The maximum absolute atomic E-state index is 13.7. The number of hydrogen-bond donors (Lipinski definition) is 3. The maximum atomic E-state index is 13.7. The molecule has 1 aromatic rings. The Kier molecular flexibility index (Phi) is 5.23. The molecule has 0 aromatic carbocycles. The maximum Gasteiger partial charge on any atom is 0.417 e. The second-order valence-electron chi connectivity index (χ2n) is 8.46. The molecule has 2 aliphatic heterocycles. The van der Waals surface area contributed by atoms with Crippen molar-refractivity contribution in [3.63, 3.8) is 0 Å². The van der Waals surface area contributed by atoms with E-state index in [9.17, 15) is 22.8 Å². The zero-order chi connectivity index (χ0) is 22.6. The Hall–Kier alpha value is -2.63. The van der Waals surface area contributed by atoms with Crippen molar-refractivity contribution in [1.29, 1.82) is 0 Å². The quantitative estimate of drug-likeness (QED) is 0.578. The third-order valence-electron chi connectivity index (χ3n) is 6.59. The Morgan fingerprint density at radius 1 is 1.35 bits per heavy atom. The molecule has 1 saturated heterocycles. The summed E-state index contributed by atoms with van der Waals surface area (Å²) >= 11 is 5.08. The van der Waals surface area contributed by atoms with Crippen LogP contribution in [0.5, 0.6) is 0 Å². The number of hydrogen-bond acceptors (Lipinski definition) is 4. The lowest BCUT2D eigenvalue weighted by Gasteiger charge is -2.37. The highest BCUT2D eigenvalue weighted by Crippen LogP contribution is 2.50. The molecule has 8 nitrogen and oxygen atoms in total. The zero-order valence-corrected chi connectivity index (χ0v) is 17.3. The van der Waals surface area contributed by atoms with Crippen LogP contribution < -0.4 is 11.1 Å². The van der Waals surface area contributed by atoms with Crippen molar-refractivity contribution in [2.45, 2.75) is 38.0 Å². The Morgan fingerprint density at radius 2 is 2.10 bits per heavy atom. The normalized spacial score (nSPS) is 27.6. The summed E-state index contributed by atoms with van der Waals surface area (Å²) in [5.74, 6) is -0.353. The van der Waals surface area contributed by atoms with Gasteiger partial charge in [-0.3, -0.25) is 9.78 Å². The molecular weight excluding hydrogens is 435 g/mol. The van der Waals surface area contributed by atoms with Crippen molar-refractivity contribution in [1.82, 2.24) is 20.1 Å². The Balaban J connectivity index is 1.60. The molecule has 3 atom stereocenters. The molecule has 3 heterocycles. The molecule has 3 aliphatic rings. The predicted octanol–water partition coefficient (Wildman–Crippen LogP) is 1.58. The van der Waals surface area contributed by atoms with Gasteiger partial charge in [0, 0.05) is 50.5 Å². The van der Waals surface area contributed by atoms with E-state index >= 15 is 0 Å². The molecule has 2 amide bonds. The number of carbonyl (C=O) groups is 2. The van der Waals surface area contributed by atoms with E-state index in [4.69, 9.17) is 23.1 Å². The average molecular weight is 457 g/mol. The van der Waals surface area contributed by atoms with Gasteiger partial charge in [0.2, 0.25) is 5.91 Å². The van der Waals surface area contributed by atoms with E-state index in [0.29, 0.717) is 43.6 Å². The molecule has 1 saturated carbocycles. The van der Waals surface area contributed by atoms with Gasteiger partial charge in [-0.1, -0.05) is 0 Å². The fourth-order valence-electron chi connectivity index (χ4n) is 5.22. The van der Waals surface area contributed by atoms with Gasteiger partial charge in [-0.15, -0.1) is 0 Å². The molecule has 2 fully saturated rings. The van der Waals surface area contributed by atoms with Crippen LogP contribution in [0.3, 0.4) is 0 Å². The van der Waals surface area contributed by atoms with Crippen molar-refractivity contribution in [3.05, 3.63) is 29.1 Å². The lowest BCUT2D eigenvalue weighted by Crippen LogP contribution is -2.50. The first-order valence-corrected chi connectivity index (χ1v) is 10.3. The number of likely N-dealkylation sites (tertiary alicyclic amines) is 1. The Bertz CT molecular complexity index is 943. The van der Waals surface area contributed by atoms with Crippen LogP contribution in [0.25, 0.3) is 0 Å². The summed E-state index contributed by atoms with van der Waals surface area (Å²) in [6.07, 6.45) is -3.72. The van der Waals surface area contributed by atoms with Crippen molar-refractivity contribution in [2.24, 2.45) is 17.1 Å². The summed E-state index contributed by atoms with van der Waals surface area (Å²) in [6, 6.07) is 0.673. The monoisotopic (exact) mass is 457 g/mol. The molecule has 0 bridgehead atoms. The molecule has 4 N–H and O–H groups in total. The van der Waals surface area contributed by atoms with Crippen LogP contribution in [-0.2, 0) is 23.9 Å². The van der Waals surface area contributed by atoms with Crippen molar-refractivity contribution in [3.8, 4) is 0 Å². The average Bonchev–Trinajstić information content (AvgIpc) is 3.20. The fraction of sp³-hybridized carbons (Fsp3) is 0.579. The lowest BCUT2D eigenvalue weighted by molar-refractivity contribution is -0.143. The number of pyridine rings is 1. The number of rotatable bonds is 2. The zero-order valence-electron chi connectivity index (χ0n) is 16.5. The predicted molar refractivity (Wildman–Crippen MR) is 107 cm³/mol. The lowest BCUT2D eigenvalue weighted by atomic mass is 9.78. The number of alkyl halides is 3. The third-order valence-corrected chi connectivity index (χ3v) is 6.85. The summed E-state index contributed by atoms with van der Waals surface area (Å²) in [6.45, 7) is 1.09. The SMILES string of the molecule is NC(=S)N1C[C@@H]2C[C@@H](NC(=O)O)C[C@]2(C(=O)N2CCc3ncc(C(F)(F)F)cc3C2)C1. The molecule has 31 heavy (non-hydrogen) atoms. The first kappa shape index (κ1) is 21.6. The number of nitrogens with zero attached hydrogens (tertiary/aromatic N) is 3. The van der Waals surface area contributed by atoms with Crippen LogP contribution in [0.1, 0.15) is 29.7 Å². The van der Waals surface area contributed by atoms with Crippen molar-refractivity contribution < 1.29 is 27.9 Å². The molecule has 1 aliphatic carbocycles. The van der Waals surface area contributed by atoms with Gasteiger partial charge in [-0.2, -0.15) is 13.2 Å². The van der Waals surface area contributed by atoms with Crippen LogP contribution >= 0.6 is 12.2 Å². The standard InChI is InChI=1S/C19H22F3N5O3S/c20-19(21,22)11-3-10-7-26(2-1-14(10)24-6-11)15(28)18-5-13(25-17(29)30)4-12(18)8-27(9-18)16(23)31/h3,6,12-13,25H,1-2,4-5,7-9H2,(H2,23,31)(H,29,30)/t12-,13+,18-/m0/s1. The Labute approximate surface area is 181 Å². The van der Waals surface area contributed by atoms with E-state index in [2.05, 4.69) is 10.3 Å². The van der Waals surface area contributed by atoms with Crippen LogP contribution in [0, 0.1) is 11.3 Å². The summed E-state index contributed by atoms with van der Waals surface area (Å²) in [5.41, 5.74) is 4.99. The Morgan fingerprint density at radius 3 is 2.74 bits per heavy atom. The molecule has 1 aromatic heterocycles. The van der Waals surface area contributed by atoms with E-state index in [1.54, 1.807) is 9.80 Å². The first-order valence-electron chi connectivity index (χ1n) is 9.88. The molecule has 4 rings (SSSR count). The number of nitrogens with two attached hydrogens (primary N) is 1. The number of nitrogens with one attached hydrogen (secondary N) is 1. The van der Waals surface area contributed by atoms with Gasteiger partial charge in [0.25, 0.3) is 0 Å². The summed E-state index contributed by atoms with van der Waals surface area (Å²) in [4.78, 5) is 32.1. The van der Waals surface area contributed by atoms with Gasteiger partial charge in [-0.25, -0.2) is 4.79 Å². The summed E-state index contributed by atoms with van der Waals surface area (Å²) < 4.78 is 39.3. The van der Waals surface area contributed by atoms with Gasteiger partial charge >= 0.3 is 12.3 Å². The molecular formula is C19H22F3N5O3S. The van der Waals surface area contributed by atoms with Gasteiger partial charge in [-0.05, 0) is 42.6 Å². The molecule has 0 spiro atoms. The number of fused-ring (bicyclic) bond motifs is 2. The van der Waals surface area contributed by atoms with Gasteiger partial charge in [0.15, 0.2) is 5.11 Å². The number of aromatic nitrogens is 1. The van der Waals surface area contributed by atoms with E-state index in [1.165, 1.54) is 0 Å². The highest BCUT2D eigenvalue weighted by atomic mass is 32.1. The van der Waals surface area contributed by atoms with Crippen molar-refractivity contribution >= 4 is 29.3 Å². The topological polar surface area (TPSA) is 112 Å². The van der Waals surface area contributed by atoms with E-state index in [1.807, 2.05) is 0 Å². The van der Waals surface area contributed by atoms with Gasteiger partial charge < -0.3 is 26.0 Å². The van der Waals surface area contributed by atoms with Gasteiger partial charge in [0.1, 0.15) is 0 Å². The summed E-state index contributed by atoms with van der Waals surface area (Å²) in [7, 11) is 0. The minimum atomic E-state index is -4.51. The second kappa shape index (κ2) is 7.50. The number of thiocarbonyl (C=S) groups is 1. The summed E-state index contributed by atoms with van der Waals surface area (Å²) in [5, 5.41) is 11.7. The number of carbonyl (C=O) groups excluding carboxylic acids is 1. The molecule has 0 radical (unpaired) electrons.